The second-order valence-electron chi connectivity index (χ2n) is 13.7. The highest BCUT2D eigenvalue weighted by Crippen LogP contribution is 2.29. The molecule has 1 fully saturated rings. The van der Waals surface area contributed by atoms with Crippen LogP contribution in [0.15, 0.2) is 41.2 Å². The van der Waals surface area contributed by atoms with E-state index in [2.05, 4.69) is 21.5 Å². The average molecular weight is 736 g/mol. The van der Waals surface area contributed by atoms with Crippen molar-refractivity contribution < 1.29 is 37.8 Å². The van der Waals surface area contributed by atoms with Crippen LogP contribution in [0.4, 0.5) is 13.2 Å². The summed E-state index contributed by atoms with van der Waals surface area (Å²) in [5.41, 5.74) is 2.97. The third-order valence-corrected chi connectivity index (χ3v) is 10.0. The number of benzene rings is 1. The van der Waals surface area contributed by atoms with Gasteiger partial charge in [0.25, 0.3) is 0 Å². The Labute approximate surface area is 303 Å². The number of hydrogen-bond donors (Lipinski definition) is 4. The van der Waals surface area contributed by atoms with Crippen molar-refractivity contribution in [3.8, 4) is 12.3 Å². The monoisotopic (exact) mass is 735 g/mol. The van der Waals surface area contributed by atoms with Crippen molar-refractivity contribution >= 4 is 29.1 Å². The second kappa shape index (κ2) is 21.1. The van der Waals surface area contributed by atoms with Gasteiger partial charge in [0.1, 0.15) is 12.1 Å². The number of terminal acetylenes is 1. The van der Waals surface area contributed by atoms with Crippen LogP contribution < -0.4 is 10.6 Å². The zero-order valence-electron chi connectivity index (χ0n) is 29.5. The van der Waals surface area contributed by atoms with Crippen molar-refractivity contribution in [1.29, 1.82) is 0 Å². The Balaban J connectivity index is 1.80. The van der Waals surface area contributed by atoms with E-state index in [4.69, 9.17) is 6.42 Å². The highest BCUT2D eigenvalue weighted by Gasteiger charge is 2.35. The van der Waals surface area contributed by atoms with E-state index >= 15 is 0 Å². The zero-order valence-corrected chi connectivity index (χ0v) is 30.3. The lowest BCUT2D eigenvalue weighted by Crippen LogP contribution is -2.56. The lowest BCUT2D eigenvalue weighted by molar-refractivity contribution is -0.144. The molecule has 3 rings (SSSR count). The van der Waals surface area contributed by atoms with Crippen molar-refractivity contribution in [2.24, 2.45) is 11.8 Å². The van der Waals surface area contributed by atoms with Crippen LogP contribution in [0.5, 0.6) is 0 Å². The van der Waals surface area contributed by atoms with E-state index in [0.717, 1.165) is 42.6 Å². The van der Waals surface area contributed by atoms with Crippen molar-refractivity contribution in [2.45, 2.75) is 101 Å². The van der Waals surface area contributed by atoms with Gasteiger partial charge in [0.2, 0.25) is 17.7 Å². The van der Waals surface area contributed by atoms with Crippen LogP contribution in [-0.4, -0.2) is 107 Å². The molecular weight excluding hydrogens is 683 g/mol. The summed E-state index contributed by atoms with van der Waals surface area (Å²) < 4.78 is 38.4. The van der Waals surface area contributed by atoms with Crippen LogP contribution in [0.25, 0.3) is 0 Å². The summed E-state index contributed by atoms with van der Waals surface area (Å²) >= 11 is 1.33. The molecule has 1 heterocycles. The molecule has 14 heteroatoms. The highest BCUT2D eigenvalue weighted by molar-refractivity contribution is 7.07. The Morgan fingerprint density at radius 2 is 1.75 bits per heavy atom. The van der Waals surface area contributed by atoms with Gasteiger partial charge in [0, 0.05) is 44.8 Å². The smallest absolute Gasteiger partial charge is 0.390 e. The fraction of sp³-hybridized carbons (Fsp3) is 0.622. The maximum atomic E-state index is 14.0. The molecular formula is C37H52F3N5O5S. The maximum Gasteiger partial charge on any atom is 0.401 e. The molecule has 2 aromatic rings. The molecule has 0 spiro atoms. The van der Waals surface area contributed by atoms with Crippen LogP contribution in [0.2, 0.25) is 0 Å². The maximum absolute atomic E-state index is 14.0. The molecule has 282 valence electrons. The summed E-state index contributed by atoms with van der Waals surface area (Å²) in [5.74, 6) is 0.265. The Hall–Kier alpha value is -3.51. The van der Waals surface area contributed by atoms with Crippen molar-refractivity contribution in [3.05, 3.63) is 52.5 Å². The number of aromatic nitrogens is 1. The van der Waals surface area contributed by atoms with Crippen LogP contribution in [0.1, 0.15) is 69.0 Å². The Morgan fingerprint density at radius 1 is 1.04 bits per heavy atom. The third-order valence-electron chi connectivity index (χ3n) is 9.37. The van der Waals surface area contributed by atoms with E-state index in [1.807, 2.05) is 30.3 Å². The van der Waals surface area contributed by atoms with Crippen LogP contribution >= 0.6 is 11.3 Å². The molecule has 51 heavy (non-hydrogen) atoms. The number of aliphatic hydroxyl groups excluding tert-OH is 2. The number of nitrogens with one attached hydrogen (secondary N) is 2. The first kappa shape index (κ1) is 41.9. The number of alkyl halides is 3. The number of amides is 3. The van der Waals surface area contributed by atoms with Gasteiger partial charge < -0.3 is 25.7 Å². The predicted octanol–water partition coefficient (Wildman–Crippen LogP) is 3.96. The summed E-state index contributed by atoms with van der Waals surface area (Å²) in [5, 5.41) is 29.5. The van der Waals surface area contributed by atoms with Gasteiger partial charge in [-0.1, -0.05) is 62.4 Å². The van der Waals surface area contributed by atoms with Crippen molar-refractivity contribution in [2.75, 3.05) is 33.7 Å². The molecule has 0 radical (unpaired) electrons. The van der Waals surface area contributed by atoms with Gasteiger partial charge in [-0.05, 0) is 37.8 Å². The lowest BCUT2D eigenvalue weighted by atomic mass is 9.82. The largest absolute Gasteiger partial charge is 0.401 e. The number of nitrogens with zero attached hydrogens (tertiary/aromatic N) is 3. The third kappa shape index (κ3) is 15.3. The fourth-order valence-corrected chi connectivity index (χ4v) is 6.99. The Kier molecular flexibility index (Phi) is 17.4. The van der Waals surface area contributed by atoms with E-state index in [1.165, 1.54) is 30.3 Å². The zero-order chi connectivity index (χ0) is 37.4. The van der Waals surface area contributed by atoms with Gasteiger partial charge >= 0.3 is 6.18 Å². The standard InChI is InChI=1S/C37H52F3N5O5S/c1-4-5-16-32(46)34(48)30(20-27-14-10-7-11-15-27)42-36(50)31(22-29-23-51-25-41-29)43-35(49)28(19-26-12-8-6-9-13-26)21-33(47)45(3)18-17-44(2)24-37(38,39)40/h1,6,8-9,12-13,23,25,27-28,30-32,34,46,48H,5,7,10-11,14-22,24H2,2-3H3,(H,42,50)(H,43,49)/t28-,30+,31+,32+,34-/m1/s1. The number of carbonyl (C=O) groups excluding carboxylic acids is 3. The fourth-order valence-electron chi connectivity index (χ4n) is 6.42. The van der Waals surface area contributed by atoms with Gasteiger partial charge in [-0.2, -0.15) is 13.2 Å². The highest BCUT2D eigenvalue weighted by atomic mass is 32.1. The summed E-state index contributed by atoms with van der Waals surface area (Å²) in [6.45, 7) is -1.10. The molecule has 1 aliphatic rings. The molecule has 3 amide bonds. The topological polar surface area (TPSA) is 135 Å². The van der Waals surface area contributed by atoms with Gasteiger partial charge in [-0.25, -0.2) is 4.98 Å². The van der Waals surface area contributed by atoms with E-state index < -0.39 is 60.7 Å². The first-order chi connectivity index (χ1) is 24.3. The summed E-state index contributed by atoms with van der Waals surface area (Å²) in [7, 11) is 2.80. The molecule has 10 nitrogen and oxygen atoms in total. The van der Waals surface area contributed by atoms with Crippen LogP contribution in [0.3, 0.4) is 0 Å². The number of halogens is 3. The first-order valence-electron chi connectivity index (χ1n) is 17.6. The van der Waals surface area contributed by atoms with E-state index in [1.54, 1.807) is 10.9 Å². The number of rotatable bonds is 20. The number of hydrogen-bond acceptors (Lipinski definition) is 8. The van der Waals surface area contributed by atoms with Crippen molar-refractivity contribution in [1.82, 2.24) is 25.4 Å². The van der Waals surface area contributed by atoms with Gasteiger partial charge in [-0.15, -0.1) is 23.7 Å². The molecule has 0 unspecified atom stereocenters. The normalized spacial score (nSPS) is 16.8. The Bertz CT molecular complexity index is 1390. The molecule has 1 saturated carbocycles. The van der Waals surface area contributed by atoms with Crippen LogP contribution in [-0.2, 0) is 27.2 Å². The molecule has 4 N–H and O–H groups in total. The van der Waals surface area contributed by atoms with E-state index in [0.29, 0.717) is 12.1 Å². The summed E-state index contributed by atoms with van der Waals surface area (Å²) in [4.78, 5) is 48.0. The number of carbonyl (C=O) groups is 3. The second-order valence-corrected chi connectivity index (χ2v) is 14.4. The molecule has 0 bridgehead atoms. The SMILES string of the molecule is C#CCC[C@H](O)[C@H](O)[C@H](CC1CCCCC1)NC(=O)[C@H](Cc1cscn1)NC(=O)[C@@H](CC(=O)N(C)CCN(C)CC(F)(F)F)Cc1ccccc1. The van der Waals surface area contributed by atoms with Gasteiger partial charge in [0.15, 0.2) is 0 Å². The van der Waals surface area contributed by atoms with Gasteiger partial charge in [0.05, 0.1) is 35.8 Å². The molecule has 1 aromatic heterocycles. The Morgan fingerprint density at radius 3 is 2.37 bits per heavy atom. The average Bonchev–Trinajstić information content (AvgIpc) is 3.61. The first-order valence-corrected chi connectivity index (χ1v) is 18.5. The van der Waals surface area contributed by atoms with Gasteiger partial charge in [-0.3, -0.25) is 19.3 Å². The quantitative estimate of drug-likeness (QED) is 0.151. The van der Waals surface area contributed by atoms with E-state index in [-0.39, 0.29) is 51.1 Å². The molecule has 1 aliphatic carbocycles. The predicted molar refractivity (Wildman–Crippen MR) is 190 cm³/mol. The molecule has 0 aliphatic heterocycles. The van der Waals surface area contributed by atoms with Crippen molar-refractivity contribution in [3.63, 3.8) is 0 Å². The lowest BCUT2D eigenvalue weighted by Gasteiger charge is -2.33. The van der Waals surface area contributed by atoms with E-state index in [9.17, 15) is 37.8 Å². The molecule has 5 atom stereocenters. The number of thiazole rings is 1. The minimum atomic E-state index is -4.37. The number of likely N-dealkylation sites (N-methyl/N-ethyl adjacent to an activating group) is 2. The molecule has 1 aromatic carbocycles. The summed E-state index contributed by atoms with van der Waals surface area (Å²) in [6, 6.07) is 7.17. The molecule has 0 saturated heterocycles. The minimum Gasteiger partial charge on any atom is -0.390 e. The minimum absolute atomic E-state index is 0.0154. The summed E-state index contributed by atoms with van der Waals surface area (Å²) in [6.07, 6.45) is 4.53. The number of aliphatic hydroxyl groups is 2. The van der Waals surface area contributed by atoms with Crippen LogP contribution in [0, 0.1) is 24.2 Å².